The van der Waals surface area contributed by atoms with E-state index in [9.17, 15) is 23.8 Å². The molecule has 2 aliphatic rings. The van der Waals surface area contributed by atoms with Gasteiger partial charge < -0.3 is 20.6 Å². The second kappa shape index (κ2) is 4.36. The summed E-state index contributed by atoms with van der Waals surface area (Å²) >= 11 is 0. The van der Waals surface area contributed by atoms with Gasteiger partial charge in [-0.3, -0.25) is 4.79 Å². The summed E-state index contributed by atoms with van der Waals surface area (Å²) in [5.41, 5.74) is -2.43. The maximum absolute atomic E-state index is 13.2. The topological polar surface area (TPSA) is 89.8 Å². The Morgan fingerprint density at radius 3 is 2.21 bits per heavy atom. The molecule has 110 valence electrons. The lowest BCUT2D eigenvalue weighted by atomic mass is 9.58. The molecule has 2 saturated carbocycles. The van der Waals surface area contributed by atoms with Crippen LogP contribution in [-0.2, 0) is 4.79 Å². The summed E-state index contributed by atoms with van der Waals surface area (Å²) in [4.78, 5) is 11.3. The van der Waals surface area contributed by atoms with Crippen LogP contribution in [0.15, 0.2) is 0 Å². The van der Waals surface area contributed by atoms with Gasteiger partial charge >= 0.3 is 5.92 Å². The van der Waals surface area contributed by atoms with Crippen molar-refractivity contribution in [2.45, 2.75) is 68.3 Å². The fraction of sp³-hybridized carbons (Fsp3) is 0.917. The fourth-order valence-electron chi connectivity index (χ4n) is 2.69. The number of carbonyl (C=O) groups excluding carboxylic acids is 1. The molecule has 0 saturated heterocycles. The molecule has 2 fully saturated rings. The first kappa shape index (κ1) is 14.6. The number of alkyl halides is 2. The summed E-state index contributed by atoms with van der Waals surface area (Å²) in [7, 11) is 0. The van der Waals surface area contributed by atoms with Crippen LogP contribution in [0.2, 0.25) is 0 Å². The minimum Gasteiger partial charge on any atom is -0.387 e. The van der Waals surface area contributed by atoms with E-state index in [1.54, 1.807) is 0 Å². The third kappa shape index (κ3) is 2.23. The number of amides is 1. The second-order valence-electron chi connectivity index (χ2n) is 5.79. The summed E-state index contributed by atoms with van der Waals surface area (Å²) in [6.45, 7) is 0.841. The van der Waals surface area contributed by atoms with Gasteiger partial charge in [0.15, 0.2) is 0 Å². The van der Waals surface area contributed by atoms with E-state index in [0.29, 0.717) is 12.8 Å². The fourth-order valence-corrected chi connectivity index (χ4v) is 2.69. The average molecular weight is 279 g/mol. The van der Waals surface area contributed by atoms with Crippen molar-refractivity contribution in [2.75, 3.05) is 0 Å². The van der Waals surface area contributed by atoms with Crippen LogP contribution >= 0.6 is 0 Å². The lowest BCUT2D eigenvalue weighted by Crippen LogP contribution is -2.69. The highest BCUT2D eigenvalue weighted by Gasteiger charge is 2.60. The van der Waals surface area contributed by atoms with Crippen LogP contribution in [0.5, 0.6) is 0 Å². The molecule has 0 aromatic carbocycles. The maximum Gasteiger partial charge on any atom is 0.349 e. The van der Waals surface area contributed by atoms with Crippen molar-refractivity contribution in [3.05, 3.63) is 0 Å². The molecule has 4 N–H and O–H groups in total. The van der Waals surface area contributed by atoms with Gasteiger partial charge in [0, 0.05) is 6.04 Å². The number of rotatable bonds is 4. The molecule has 19 heavy (non-hydrogen) atoms. The zero-order valence-corrected chi connectivity index (χ0v) is 10.7. The number of halogens is 2. The summed E-state index contributed by atoms with van der Waals surface area (Å²) in [6.07, 6.45) is -0.129. The third-order valence-electron chi connectivity index (χ3n) is 4.38. The molecule has 0 aromatic heterocycles. The number of nitrogens with one attached hydrogen (secondary N) is 1. The minimum absolute atomic E-state index is 0.0606. The van der Waals surface area contributed by atoms with E-state index >= 15 is 0 Å². The highest BCUT2D eigenvalue weighted by molar-refractivity contribution is 5.84. The molecule has 2 aliphatic carbocycles. The lowest BCUT2D eigenvalue weighted by Gasteiger charge is -2.57. The molecule has 1 atom stereocenters. The Labute approximate surface area is 109 Å². The van der Waals surface area contributed by atoms with Gasteiger partial charge in [0.2, 0.25) is 0 Å². The summed E-state index contributed by atoms with van der Waals surface area (Å²) in [5, 5.41) is 31.1. The molecule has 0 spiro atoms. The molecule has 1 unspecified atom stereocenters. The molecule has 5 nitrogen and oxygen atoms in total. The highest BCUT2D eigenvalue weighted by Crippen LogP contribution is 2.50. The van der Waals surface area contributed by atoms with Crippen LogP contribution in [0.4, 0.5) is 8.78 Å². The van der Waals surface area contributed by atoms with Gasteiger partial charge in [-0.2, -0.15) is 8.78 Å². The van der Waals surface area contributed by atoms with Crippen molar-refractivity contribution >= 4 is 5.91 Å². The monoisotopic (exact) mass is 279 g/mol. The standard InChI is InChI=1S/C12H19F2NO4/c1-7(16)12(13,14)9(17)15-8-5-11(19,6-8)10(18)3-2-4-10/h7-8,16,18-19H,2-6H2,1H3,(H,15,17). The van der Waals surface area contributed by atoms with Gasteiger partial charge in [-0.1, -0.05) is 0 Å². The Morgan fingerprint density at radius 2 is 1.84 bits per heavy atom. The predicted molar refractivity (Wildman–Crippen MR) is 61.5 cm³/mol. The molecule has 0 radical (unpaired) electrons. The first-order valence-corrected chi connectivity index (χ1v) is 6.42. The Bertz CT molecular complexity index is 376. The first-order valence-electron chi connectivity index (χ1n) is 6.42. The quantitative estimate of drug-likeness (QED) is 0.580. The van der Waals surface area contributed by atoms with Crippen LogP contribution in [0.25, 0.3) is 0 Å². The van der Waals surface area contributed by atoms with E-state index in [-0.39, 0.29) is 12.8 Å². The van der Waals surface area contributed by atoms with Crippen molar-refractivity contribution in [2.24, 2.45) is 0 Å². The van der Waals surface area contributed by atoms with Gasteiger partial charge in [0.05, 0.1) is 11.2 Å². The van der Waals surface area contributed by atoms with Gasteiger partial charge in [-0.05, 0) is 39.0 Å². The SMILES string of the molecule is CC(O)C(F)(F)C(=O)NC1CC(O)(C2(O)CCC2)C1. The van der Waals surface area contributed by atoms with E-state index < -0.39 is 35.2 Å². The Hall–Kier alpha value is -0.790. The molecular weight excluding hydrogens is 260 g/mol. The molecule has 7 heteroatoms. The van der Waals surface area contributed by atoms with Crippen LogP contribution < -0.4 is 5.32 Å². The van der Waals surface area contributed by atoms with E-state index in [1.807, 2.05) is 0 Å². The second-order valence-corrected chi connectivity index (χ2v) is 5.79. The number of aliphatic hydroxyl groups is 3. The summed E-state index contributed by atoms with van der Waals surface area (Å²) < 4.78 is 26.4. The number of aliphatic hydroxyl groups excluding tert-OH is 1. The molecule has 1 amide bonds. The average Bonchev–Trinajstić information content (AvgIpc) is 2.22. The van der Waals surface area contributed by atoms with E-state index in [2.05, 4.69) is 5.32 Å². The number of hydrogen-bond donors (Lipinski definition) is 4. The van der Waals surface area contributed by atoms with E-state index in [4.69, 9.17) is 5.11 Å². The van der Waals surface area contributed by atoms with Crippen LogP contribution in [0.1, 0.15) is 39.0 Å². The number of hydrogen-bond acceptors (Lipinski definition) is 4. The number of carbonyl (C=O) groups is 1. The van der Waals surface area contributed by atoms with E-state index in [1.165, 1.54) is 0 Å². The molecule has 0 aromatic rings. The Balaban J connectivity index is 1.87. The van der Waals surface area contributed by atoms with Gasteiger partial charge in [-0.15, -0.1) is 0 Å². The molecular formula is C12H19F2NO4. The molecule has 0 heterocycles. The Morgan fingerprint density at radius 1 is 1.32 bits per heavy atom. The van der Waals surface area contributed by atoms with Crippen LogP contribution in [-0.4, -0.2) is 50.5 Å². The van der Waals surface area contributed by atoms with E-state index in [0.717, 1.165) is 13.3 Å². The van der Waals surface area contributed by atoms with Crippen LogP contribution in [0, 0.1) is 0 Å². The van der Waals surface area contributed by atoms with Crippen molar-refractivity contribution in [3.63, 3.8) is 0 Å². The van der Waals surface area contributed by atoms with Crippen molar-refractivity contribution in [3.8, 4) is 0 Å². The van der Waals surface area contributed by atoms with Crippen LogP contribution in [0.3, 0.4) is 0 Å². The smallest absolute Gasteiger partial charge is 0.349 e. The van der Waals surface area contributed by atoms with Crippen molar-refractivity contribution in [1.82, 2.24) is 5.32 Å². The largest absolute Gasteiger partial charge is 0.387 e. The van der Waals surface area contributed by atoms with Crippen molar-refractivity contribution in [1.29, 1.82) is 0 Å². The zero-order chi connectivity index (χ0) is 14.5. The first-order chi connectivity index (χ1) is 8.61. The predicted octanol–water partition coefficient (Wildman–Crippen LogP) is -0.0728. The molecule has 0 aliphatic heterocycles. The van der Waals surface area contributed by atoms with Gasteiger partial charge in [-0.25, -0.2) is 0 Å². The molecule has 0 bridgehead atoms. The van der Waals surface area contributed by atoms with Crippen molar-refractivity contribution < 1.29 is 28.9 Å². The normalized spacial score (nSPS) is 34.9. The maximum atomic E-state index is 13.2. The minimum atomic E-state index is -3.85. The summed E-state index contributed by atoms with van der Waals surface area (Å²) in [6, 6.07) is -0.591. The van der Waals surface area contributed by atoms with Gasteiger partial charge in [0.25, 0.3) is 5.91 Å². The highest BCUT2D eigenvalue weighted by atomic mass is 19.3. The van der Waals surface area contributed by atoms with Gasteiger partial charge in [0.1, 0.15) is 6.10 Å². The summed E-state index contributed by atoms with van der Waals surface area (Å²) in [5.74, 6) is -5.39. The zero-order valence-electron chi connectivity index (χ0n) is 10.7. The third-order valence-corrected chi connectivity index (χ3v) is 4.38. The Kier molecular flexibility index (Phi) is 3.35. The molecule has 2 rings (SSSR count). The lowest BCUT2D eigenvalue weighted by molar-refractivity contribution is -0.233.